The van der Waals surface area contributed by atoms with E-state index >= 15 is 0 Å². The largest absolute Gasteiger partial charge is 0.481 e. The van der Waals surface area contributed by atoms with Crippen LogP contribution in [-0.2, 0) is 17.8 Å². The number of hydrogen-bond donors (Lipinski definition) is 1. The predicted octanol–water partition coefficient (Wildman–Crippen LogP) is 4.68. The van der Waals surface area contributed by atoms with E-state index in [9.17, 15) is 9.59 Å². The van der Waals surface area contributed by atoms with Crippen LogP contribution in [0.1, 0.15) is 50.9 Å². The zero-order chi connectivity index (χ0) is 19.6. The molecule has 142 valence electrons. The Morgan fingerprint density at radius 3 is 2.56 bits per heavy atom. The standard InChI is InChI=1S/C21H24N2O3S/c1-4-17-22-20-19(21(26)23(17)11-5-6-18(24)25)16(12-27-20)15-9-7-14(8-10-15)13(2)3/h7-10,12-13H,4-6,11H2,1-3H3,(H,24,25). The third-order valence-electron chi connectivity index (χ3n) is 4.75. The molecule has 5 nitrogen and oxygen atoms in total. The second-order valence-electron chi connectivity index (χ2n) is 6.94. The molecular weight excluding hydrogens is 360 g/mol. The highest BCUT2D eigenvalue weighted by molar-refractivity contribution is 7.17. The van der Waals surface area contributed by atoms with Crippen LogP contribution in [0.4, 0.5) is 0 Å². The van der Waals surface area contributed by atoms with Crippen LogP contribution in [0.25, 0.3) is 21.3 Å². The fourth-order valence-corrected chi connectivity index (χ4v) is 4.17. The Bertz CT molecular complexity index is 1020. The normalized spacial score (nSPS) is 11.4. The quantitative estimate of drug-likeness (QED) is 0.642. The maximum Gasteiger partial charge on any atom is 0.303 e. The van der Waals surface area contributed by atoms with Crippen molar-refractivity contribution in [1.82, 2.24) is 9.55 Å². The summed E-state index contributed by atoms with van der Waals surface area (Å²) in [6, 6.07) is 8.31. The molecule has 0 saturated carbocycles. The van der Waals surface area contributed by atoms with E-state index < -0.39 is 5.97 Å². The number of carbonyl (C=O) groups is 1. The minimum atomic E-state index is -0.850. The zero-order valence-corrected chi connectivity index (χ0v) is 16.7. The Hall–Kier alpha value is -2.47. The van der Waals surface area contributed by atoms with Crippen LogP contribution in [0.2, 0.25) is 0 Å². The molecule has 1 aromatic carbocycles. The van der Waals surface area contributed by atoms with Crippen LogP contribution < -0.4 is 5.56 Å². The number of thiophene rings is 1. The van der Waals surface area contributed by atoms with Crippen LogP contribution in [0.15, 0.2) is 34.4 Å². The van der Waals surface area contributed by atoms with Gasteiger partial charge in [0, 0.05) is 30.3 Å². The summed E-state index contributed by atoms with van der Waals surface area (Å²) in [6.45, 7) is 6.64. The molecule has 1 N–H and O–H groups in total. The maximum absolute atomic E-state index is 13.2. The average molecular weight is 385 g/mol. The molecule has 0 amide bonds. The Morgan fingerprint density at radius 1 is 1.26 bits per heavy atom. The molecule has 0 saturated heterocycles. The smallest absolute Gasteiger partial charge is 0.303 e. The lowest BCUT2D eigenvalue weighted by Gasteiger charge is -2.11. The van der Waals surface area contributed by atoms with Gasteiger partial charge in [-0.2, -0.15) is 0 Å². The van der Waals surface area contributed by atoms with Crippen LogP contribution in [0, 0.1) is 0 Å². The fourth-order valence-electron chi connectivity index (χ4n) is 3.22. The van der Waals surface area contributed by atoms with Crippen molar-refractivity contribution < 1.29 is 9.90 Å². The van der Waals surface area contributed by atoms with Gasteiger partial charge in [-0.25, -0.2) is 4.98 Å². The summed E-state index contributed by atoms with van der Waals surface area (Å²) in [7, 11) is 0. The van der Waals surface area contributed by atoms with Gasteiger partial charge < -0.3 is 5.11 Å². The minimum absolute atomic E-state index is 0.0425. The van der Waals surface area contributed by atoms with Crippen molar-refractivity contribution >= 4 is 27.5 Å². The molecule has 0 aliphatic rings. The summed E-state index contributed by atoms with van der Waals surface area (Å²) >= 11 is 1.48. The van der Waals surface area contributed by atoms with E-state index in [1.807, 2.05) is 12.3 Å². The van der Waals surface area contributed by atoms with E-state index in [1.165, 1.54) is 16.9 Å². The van der Waals surface area contributed by atoms with E-state index in [4.69, 9.17) is 5.11 Å². The minimum Gasteiger partial charge on any atom is -0.481 e. The summed E-state index contributed by atoms with van der Waals surface area (Å²) in [5.41, 5.74) is 3.09. The predicted molar refractivity (Wildman–Crippen MR) is 110 cm³/mol. The van der Waals surface area contributed by atoms with Gasteiger partial charge in [-0.1, -0.05) is 45.0 Å². The van der Waals surface area contributed by atoms with Crippen LogP contribution in [0.3, 0.4) is 0 Å². The topological polar surface area (TPSA) is 72.2 Å². The molecule has 0 bridgehead atoms. The van der Waals surface area contributed by atoms with Crippen LogP contribution >= 0.6 is 11.3 Å². The lowest BCUT2D eigenvalue weighted by Crippen LogP contribution is -2.25. The molecule has 0 unspecified atom stereocenters. The summed E-state index contributed by atoms with van der Waals surface area (Å²) in [6.07, 6.45) is 1.09. The van der Waals surface area contributed by atoms with Gasteiger partial charge in [0.25, 0.3) is 5.56 Å². The molecule has 2 aromatic heterocycles. The number of aliphatic carboxylic acids is 1. The number of nitrogens with zero attached hydrogens (tertiary/aromatic N) is 2. The fraction of sp³-hybridized carbons (Fsp3) is 0.381. The number of benzene rings is 1. The number of aryl methyl sites for hydroxylation is 1. The first-order chi connectivity index (χ1) is 12.9. The molecule has 0 aliphatic carbocycles. The average Bonchev–Trinajstić information content (AvgIpc) is 3.07. The van der Waals surface area contributed by atoms with Crippen LogP contribution in [-0.4, -0.2) is 20.6 Å². The first kappa shape index (κ1) is 19.3. The molecule has 0 aliphatic heterocycles. The first-order valence-electron chi connectivity index (χ1n) is 9.25. The monoisotopic (exact) mass is 384 g/mol. The molecule has 0 radical (unpaired) electrons. The third-order valence-corrected chi connectivity index (χ3v) is 5.62. The van der Waals surface area contributed by atoms with Gasteiger partial charge in [-0.05, 0) is 23.5 Å². The van der Waals surface area contributed by atoms with Gasteiger partial charge in [-0.15, -0.1) is 11.3 Å². The Balaban J connectivity index is 2.07. The van der Waals surface area contributed by atoms with Crippen molar-refractivity contribution in [1.29, 1.82) is 0 Å². The van der Waals surface area contributed by atoms with Crippen molar-refractivity contribution in [2.45, 2.75) is 52.5 Å². The Kier molecular flexibility index (Phi) is 5.75. The van der Waals surface area contributed by atoms with Gasteiger partial charge >= 0.3 is 5.97 Å². The SMILES string of the molecule is CCc1nc2scc(-c3ccc(C(C)C)cc3)c2c(=O)n1CCCC(=O)O. The lowest BCUT2D eigenvalue weighted by atomic mass is 9.99. The number of fused-ring (bicyclic) bond motifs is 1. The number of rotatable bonds is 7. The molecule has 27 heavy (non-hydrogen) atoms. The Labute approximate surface area is 162 Å². The van der Waals surface area contributed by atoms with E-state index in [2.05, 4.69) is 43.1 Å². The van der Waals surface area contributed by atoms with E-state index in [1.54, 1.807) is 4.57 Å². The van der Waals surface area contributed by atoms with E-state index in [-0.39, 0.29) is 12.0 Å². The molecule has 6 heteroatoms. The zero-order valence-electron chi connectivity index (χ0n) is 15.9. The number of aromatic nitrogens is 2. The number of carboxylic acid groups (broad SMARTS) is 1. The number of hydrogen-bond acceptors (Lipinski definition) is 4. The Morgan fingerprint density at radius 2 is 1.96 bits per heavy atom. The molecule has 0 fully saturated rings. The van der Waals surface area contributed by atoms with Gasteiger partial charge in [-0.3, -0.25) is 14.2 Å². The first-order valence-corrected chi connectivity index (χ1v) is 10.1. The highest BCUT2D eigenvalue weighted by Crippen LogP contribution is 2.32. The van der Waals surface area contributed by atoms with Crippen molar-refractivity contribution in [2.24, 2.45) is 0 Å². The van der Waals surface area contributed by atoms with Crippen LogP contribution in [0.5, 0.6) is 0 Å². The lowest BCUT2D eigenvalue weighted by molar-refractivity contribution is -0.137. The maximum atomic E-state index is 13.2. The van der Waals surface area contributed by atoms with E-state index in [0.29, 0.717) is 36.5 Å². The van der Waals surface area contributed by atoms with Crippen molar-refractivity contribution in [2.75, 3.05) is 0 Å². The summed E-state index contributed by atoms with van der Waals surface area (Å²) < 4.78 is 1.64. The van der Waals surface area contributed by atoms with Gasteiger partial charge in [0.05, 0.1) is 5.39 Å². The number of carboxylic acids is 1. The third kappa shape index (κ3) is 3.95. The second kappa shape index (κ2) is 8.05. The molecular formula is C21H24N2O3S. The molecule has 3 rings (SSSR count). The van der Waals surface area contributed by atoms with Gasteiger partial charge in [0.2, 0.25) is 0 Å². The van der Waals surface area contributed by atoms with Crippen molar-refractivity contribution in [3.05, 3.63) is 51.4 Å². The van der Waals surface area contributed by atoms with Crippen molar-refractivity contribution in [3.8, 4) is 11.1 Å². The summed E-state index contributed by atoms with van der Waals surface area (Å²) in [5.74, 6) is 0.316. The second-order valence-corrected chi connectivity index (χ2v) is 7.80. The highest BCUT2D eigenvalue weighted by atomic mass is 32.1. The molecule has 2 heterocycles. The summed E-state index contributed by atoms with van der Waals surface area (Å²) in [4.78, 5) is 29.4. The van der Waals surface area contributed by atoms with Crippen molar-refractivity contribution in [3.63, 3.8) is 0 Å². The molecule has 3 aromatic rings. The molecule has 0 atom stereocenters. The highest BCUT2D eigenvalue weighted by Gasteiger charge is 2.16. The van der Waals surface area contributed by atoms with E-state index in [0.717, 1.165) is 16.0 Å². The van der Waals surface area contributed by atoms with Gasteiger partial charge in [0.15, 0.2) is 0 Å². The molecule has 0 spiro atoms. The van der Waals surface area contributed by atoms with Gasteiger partial charge in [0.1, 0.15) is 10.7 Å². The summed E-state index contributed by atoms with van der Waals surface area (Å²) in [5, 5.41) is 11.5.